The number of hydrogen-bond acceptors (Lipinski definition) is 4. The molecule has 0 radical (unpaired) electrons. The summed E-state index contributed by atoms with van der Waals surface area (Å²) in [5, 5.41) is 0. The summed E-state index contributed by atoms with van der Waals surface area (Å²) in [5.41, 5.74) is 32.9. The first-order valence-electron chi connectivity index (χ1n) is 41.6. The standard InChI is InChI=1S/C45H39BN2.C45H42N2.CH4.I49/c1-30-27-40-42-41(28-30)48-43-36(44(2)25-10-11-26-45(44,48)3)17-12-18-37(43)46(42)38-29-34(32-15-8-5-9-16-32)21-24-39(38)47(40)35-22-19-33(20-23-35)31-13-6-4-7-14-31;1-33-30-40(32-41(31-33)47-43-19-11-10-18-42(43)44(2)28-12-13-29-45(44,47)3)46(38-24-20-36(21-25-38)34-14-6-4-7-15-34)39-26-22-37(23-27-39)35-16-8-5-9-17-35;;1-26-28(4)30(6)32(8)34(10)36(12)38(14)40(16)42(18)44(20)46(22)48(24)49(25)47(23)45(21)43(19)41(17)39(15)37(13)35(11)33(9)31(7)29(5)27(2)3/h4-9,12-24,27-29H,10-11,25-26H2,1-3H3;4-11,14-27,30-32H,12-13,28-29H2,1-3H3;1H4;/q;;;-1. The van der Waals surface area contributed by atoms with Crippen molar-refractivity contribution in [2.24, 2.45) is 0 Å². The van der Waals surface area contributed by atoms with Crippen molar-refractivity contribution in [1.29, 1.82) is 0 Å². The third-order valence-electron chi connectivity index (χ3n) is 25.3. The van der Waals surface area contributed by atoms with Crippen LogP contribution in [0.2, 0.25) is 0 Å². The summed E-state index contributed by atoms with van der Waals surface area (Å²) in [7, 11) is -12.0. The van der Waals surface area contributed by atoms with Crippen LogP contribution in [0.5, 0.6) is 0 Å². The van der Waals surface area contributed by atoms with Gasteiger partial charge < -0.3 is 19.6 Å². The molecule has 54 heteroatoms. The van der Waals surface area contributed by atoms with Crippen molar-refractivity contribution in [3.63, 3.8) is 0 Å². The molecule has 2 saturated carbocycles. The van der Waals surface area contributed by atoms with Gasteiger partial charge in [-0.3, -0.25) is 0 Å². The molecule has 18 rings (SSSR count). The molecular formula is C91H85BI49N4-. The predicted molar refractivity (Wildman–Crippen MR) is 1080 cm³/mol. The summed E-state index contributed by atoms with van der Waals surface area (Å²) in [6, 6.07) is 106. The number of nitrogens with zero attached hydrogens (tertiary/aromatic N) is 4. The molecule has 0 spiro atoms. The Bertz CT molecular complexity index is 6310. The quantitative estimate of drug-likeness (QED) is 0.0308. The molecule has 4 aliphatic heterocycles. The first-order valence-corrected chi connectivity index (χ1v) is 343. The summed E-state index contributed by atoms with van der Waals surface area (Å²) in [5.74, 6) is 0. The molecule has 0 aromatic heterocycles. The molecule has 12 aromatic rings. The van der Waals surface area contributed by atoms with Gasteiger partial charge in [0.2, 0.25) is 0 Å². The van der Waals surface area contributed by atoms with Crippen molar-refractivity contribution < 1.29 is 13.3 Å². The van der Waals surface area contributed by atoms with Gasteiger partial charge >= 0.3 is 660 Å². The number of fused-ring (bicyclic) bond motifs is 10. The van der Waals surface area contributed by atoms with Crippen molar-refractivity contribution in [2.75, 3.05) is 19.6 Å². The van der Waals surface area contributed by atoms with E-state index in [1.165, 1.54) is 174 Å². The minimum atomic E-state index is -0.571. The fourth-order valence-electron chi connectivity index (χ4n) is 19.0. The summed E-state index contributed by atoms with van der Waals surface area (Å²) in [6.45, 7) is 14.8. The number of hydrogen-bond donors (Lipinski definition) is 0. The van der Waals surface area contributed by atoms with Crippen LogP contribution in [0, 0.1) is 13.8 Å². The molecule has 4 atom stereocenters. The van der Waals surface area contributed by atoms with Crippen LogP contribution in [-0.4, -0.2) is 17.8 Å². The summed E-state index contributed by atoms with van der Waals surface area (Å²) in [6.07, 6.45) is 10.0. The van der Waals surface area contributed by atoms with Gasteiger partial charge in [0.25, 0.3) is 6.71 Å². The Labute approximate surface area is 1190 Å². The molecule has 4 nitrogen and oxygen atoms in total. The predicted octanol–water partition coefficient (Wildman–Crippen LogP) is 62.4. The van der Waals surface area contributed by atoms with E-state index in [9.17, 15) is 0 Å². The second-order valence-corrected chi connectivity index (χ2v) is 1170. The van der Waals surface area contributed by atoms with Gasteiger partial charge in [-0.15, -0.1) is 0 Å². The van der Waals surface area contributed by atoms with Crippen LogP contribution in [0.15, 0.2) is 285 Å². The Balaban J connectivity index is 0.000000163. The second kappa shape index (κ2) is 68.9. The average Bonchev–Trinajstić information content (AvgIpc) is 1.51. The van der Waals surface area contributed by atoms with E-state index in [2.05, 4.69) is 812 Å². The Morgan fingerprint density at radius 1 is 0.276 bits per heavy atom. The fourth-order valence-corrected chi connectivity index (χ4v) is 9030. The molecule has 2 fully saturated rings. The molecule has 4 heterocycles. The number of para-hydroxylation sites is 2. The van der Waals surface area contributed by atoms with Crippen molar-refractivity contribution >= 4 is 727 Å². The van der Waals surface area contributed by atoms with Gasteiger partial charge in [0, 0.05) is 67.7 Å². The first kappa shape index (κ1) is 144. The number of anilines is 10. The number of aryl methyl sites for hydroxylation is 2. The molecule has 2 aliphatic carbocycles. The van der Waals surface area contributed by atoms with Crippen LogP contribution >= 0.6 is 647 Å². The van der Waals surface area contributed by atoms with E-state index in [-0.39, 0.29) is 36.0 Å². The zero-order valence-corrected chi connectivity index (χ0v) is 180. The number of halogens is 49. The summed E-state index contributed by atoms with van der Waals surface area (Å²) in [4.78, 5) is 10.5. The zero-order valence-electron chi connectivity index (χ0n) is 74.2. The van der Waals surface area contributed by atoms with Gasteiger partial charge in [0.15, 0.2) is 0 Å². The monoisotopic (exact) mass is 7460 g/mol. The molecule has 4 unspecified atom stereocenters. The third-order valence-corrected chi connectivity index (χ3v) is 3740. The molecule has 12 aromatic carbocycles. The summed E-state index contributed by atoms with van der Waals surface area (Å²) < 4.78 is 0. The van der Waals surface area contributed by atoms with E-state index in [1.807, 2.05) is 0 Å². The number of rotatable bonds is 32. The van der Waals surface area contributed by atoms with Gasteiger partial charge in [0.05, 0.1) is 11.1 Å². The van der Waals surface area contributed by atoms with Crippen LogP contribution in [0.25, 0.3) is 44.5 Å². The molecule has 0 saturated heterocycles. The fraction of sp³-hybridized carbons (Fsp3) is 0.209. The SMILES string of the molecule is C.Cc1cc(N(c2ccc(-c3ccccc3)cc2)c2ccc(-c3ccccc3)cc2)cc(N2c3ccccc3C3(C)CCCCC23C)c1.Cc1cc2c3c(c1)N1c4c(cccc4C4(C)CCCCC14C)B3c1cc(-c3ccccc3)ccc1N2c1ccc(-c2ccccc2)cc1.I[I-]I(I)I(I)I(I)I(I)I(I)I(I)I(I)I(I)I(I)I(I)I(I)I(I)I(I)I(I)I(I)I(I)I(I)I(I)I(I)I(I)I(I)I(I)I(I)I. The molecule has 145 heavy (non-hydrogen) atoms. The van der Waals surface area contributed by atoms with E-state index >= 15 is 0 Å². The first-order chi connectivity index (χ1) is 68.7. The zero-order chi connectivity index (χ0) is 103. The van der Waals surface area contributed by atoms with Crippen LogP contribution in [-0.2, 0) is 10.8 Å². The minimum absolute atomic E-state index is 0. The van der Waals surface area contributed by atoms with Crippen molar-refractivity contribution in [1.82, 2.24) is 0 Å². The van der Waals surface area contributed by atoms with Crippen molar-refractivity contribution in [2.45, 2.75) is 122 Å². The molecule has 6 aliphatic rings. The van der Waals surface area contributed by atoms with E-state index in [0.29, 0.717) is 13.3 Å². The molecule has 0 amide bonds. The van der Waals surface area contributed by atoms with Crippen molar-refractivity contribution in [3.8, 4) is 44.5 Å². The van der Waals surface area contributed by atoms with E-state index in [0.717, 1.165) is 11.4 Å². The molecule has 0 N–H and O–H groups in total. The van der Waals surface area contributed by atoms with Crippen molar-refractivity contribution in [3.05, 3.63) is 307 Å². The van der Waals surface area contributed by atoms with Gasteiger partial charge in [-0.2, -0.15) is 0 Å². The number of benzene rings is 12. The molecule has 0 bridgehead atoms. The Morgan fingerprint density at radius 3 is 1.03 bits per heavy atom. The van der Waals surface area contributed by atoms with Gasteiger partial charge in [0.1, 0.15) is 0 Å². The van der Waals surface area contributed by atoms with Crippen LogP contribution in [0.1, 0.15) is 109 Å². The second-order valence-electron chi connectivity index (χ2n) is 32.6. The molecular weight excluding hydrogens is 7380 g/mol. The van der Waals surface area contributed by atoms with Gasteiger partial charge in [-0.05, 0) is 215 Å². The van der Waals surface area contributed by atoms with Crippen LogP contribution in [0.4, 0.5) is 56.9 Å². The van der Waals surface area contributed by atoms with E-state index in [4.69, 9.17) is 0 Å². The molecule has 816 valence electrons. The Kier molecular flexibility index (Phi) is 68.5. The van der Waals surface area contributed by atoms with Gasteiger partial charge in [-0.1, -0.05) is 253 Å². The van der Waals surface area contributed by atoms with Gasteiger partial charge in [-0.25, -0.2) is 0 Å². The normalized spacial score (nSPS) is 19.9. The van der Waals surface area contributed by atoms with Crippen LogP contribution in [0.3, 0.4) is 0 Å². The third kappa shape index (κ3) is 34.5. The Morgan fingerprint density at radius 2 is 0.614 bits per heavy atom. The topological polar surface area (TPSA) is 13.0 Å². The van der Waals surface area contributed by atoms with E-state index < -0.39 is 182 Å². The van der Waals surface area contributed by atoms with Crippen LogP contribution < -0.4 is 49.2 Å². The maximum absolute atomic E-state index is 3.39. The Hall–Kier alpha value is 25.7. The average molecular weight is 7460 g/mol. The van der Waals surface area contributed by atoms with E-state index in [1.54, 1.807) is 5.56 Å². The maximum atomic E-state index is 3.39. The summed E-state index contributed by atoms with van der Waals surface area (Å²) >= 11 is 82.3.